The largest absolute Gasteiger partial charge is 0.469 e. The van der Waals surface area contributed by atoms with Crippen molar-refractivity contribution >= 4 is 5.97 Å². The van der Waals surface area contributed by atoms with Gasteiger partial charge in [-0.05, 0) is 13.8 Å². The molecule has 6 heteroatoms. The fourth-order valence-electron chi connectivity index (χ4n) is 0.850. The quantitative estimate of drug-likeness (QED) is 0.534. The molecule has 15 heavy (non-hydrogen) atoms. The number of hydrogen-bond donors (Lipinski definition) is 0. The molecule has 0 unspecified atom stereocenters. The third kappa shape index (κ3) is 6.33. The summed E-state index contributed by atoms with van der Waals surface area (Å²) in [5.41, 5.74) is -0.916. The second-order valence-corrected chi connectivity index (χ2v) is 3.79. The topological polar surface area (TPSA) is 35.5 Å². The van der Waals surface area contributed by atoms with Crippen LogP contribution in [-0.4, -0.2) is 32.5 Å². The van der Waals surface area contributed by atoms with Gasteiger partial charge in [0.25, 0.3) is 0 Å². The molecule has 0 heterocycles. The molecule has 0 amide bonds. The van der Waals surface area contributed by atoms with E-state index in [-0.39, 0.29) is 6.61 Å². The Labute approximate surface area is 86.5 Å². The van der Waals surface area contributed by atoms with Gasteiger partial charge in [-0.1, -0.05) is 0 Å². The molecule has 0 atom stereocenters. The van der Waals surface area contributed by atoms with Crippen LogP contribution >= 0.6 is 0 Å². The maximum Gasteiger partial charge on any atom is 0.391 e. The average molecular weight is 228 g/mol. The first-order valence-corrected chi connectivity index (χ1v) is 4.42. The summed E-state index contributed by atoms with van der Waals surface area (Å²) in [5, 5.41) is 0. The van der Waals surface area contributed by atoms with E-state index in [9.17, 15) is 18.0 Å². The number of alkyl halides is 3. The Balaban J connectivity index is 3.81. The van der Waals surface area contributed by atoms with Crippen LogP contribution in [0.2, 0.25) is 0 Å². The molecule has 90 valence electrons. The summed E-state index contributed by atoms with van der Waals surface area (Å²) in [6.45, 7) is 2.57. The monoisotopic (exact) mass is 228 g/mol. The Morgan fingerprint density at radius 3 is 2.20 bits per heavy atom. The molecule has 0 aliphatic rings. The van der Waals surface area contributed by atoms with Crippen molar-refractivity contribution in [3.63, 3.8) is 0 Å². The van der Waals surface area contributed by atoms with Gasteiger partial charge in [-0.2, -0.15) is 13.2 Å². The summed E-state index contributed by atoms with van der Waals surface area (Å²) in [6, 6.07) is 0. The highest BCUT2D eigenvalue weighted by atomic mass is 19.4. The molecular formula is C9H15F3O3. The number of carbonyl (C=O) groups excluding carboxylic acids is 1. The molecular weight excluding hydrogens is 213 g/mol. The summed E-state index contributed by atoms with van der Waals surface area (Å²) in [6.07, 6.45) is -5.24. The van der Waals surface area contributed by atoms with Gasteiger partial charge in [-0.15, -0.1) is 0 Å². The standard InChI is InChI=1S/C9H15F3O3/c1-8(2,7(13)14-3)6-15-5-4-9(10,11)12/h4-6H2,1-3H3. The van der Waals surface area contributed by atoms with Crippen LogP contribution in [-0.2, 0) is 14.3 Å². The maximum absolute atomic E-state index is 11.7. The van der Waals surface area contributed by atoms with Gasteiger partial charge in [0, 0.05) is 0 Å². The van der Waals surface area contributed by atoms with E-state index in [0.717, 1.165) is 0 Å². The third-order valence-electron chi connectivity index (χ3n) is 1.73. The number of ether oxygens (including phenoxy) is 2. The van der Waals surface area contributed by atoms with Crippen LogP contribution in [0.15, 0.2) is 0 Å². The van der Waals surface area contributed by atoms with Crippen molar-refractivity contribution in [2.24, 2.45) is 5.41 Å². The number of carbonyl (C=O) groups is 1. The van der Waals surface area contributed by atoms with Crippen LogP contribution in [0.5, 0.6) is 0 Å². The molecule has 0 aliphatic carbocycles. The normalized spacial score (nSPS) is 12.7. The van der Waals surface area contributed by atoms with Crippen molar-refractivity contribution in [1.29, 1.82) is 0 Å². The number of esters is 1. The lowest BCUT2D eigenvalue weighted by molar-refractivity contribution is -0.158. The Morgan fingerprint density at radius 2 is 1.80 bits per heavy atom. The minimum absolute atomic E-state index is 0.0875. The van der Waals surface area contributed by atoms with Gasteiger partial charge in [-0.3, -0.25) is 4.79 Å². The number of methoxy groups -OCH3 is 1. The van der Waals surface area contributed by atoms with E-state index in [4.69, 9.17) is 4.74 Å². The first-order chi connectivity index (χ1) is 6.69. The van der Waals surface area contributed by atoms with Gasteiger partial charge in [0.2, 0.25) is 0 Å². The van der Waals surface area contributed by atoms with Crippen molar-refractivity contribution in [1.82, 2.24) is 0 Å². The zero-order valence-electron chi connectivity index (χ0n) is 8.98. The van der Waals surface area contributed by atoms with E-state index in [0.29, 0.717) is 0 Å². The van der Waals surface area contributed by atoms with Crippen LogP contribution in [0.4, 0.5) is 13.2 Å². The Kier molecular flexibility index (Phi) is 5.07. The molecule has 0 spiro atoms. The first kappa shape index (κ1) is 14.2. The van der Waals surface area contributed by atoms with Crippen LogP contribution in [0.25, 0.3) is 0 Å². The lowest BCUT2D eigenvalue weighted by Crippen LogP contribution is -2.31. The molecule has 0 fully saturated rings. The van der Waals surface area contributed by atoms with E-state index < -0.39 is 30.6 Å². The zero-order valence-corrected chi connectivity index (χ0v) is 8.98. The molecule has 3 nitrogen and oxygen atoms in total. The second-order valence-electron chi connectivity index (χ2n) is 3.79. The number of hydrogen-bond acceptors (Lipinski definition) is 3. The summed E-state index contributed by atoms with van der Waals surface area (Å²) in [5.74, 6) is -0.505. The second kappa shape index (κ2) is 5.34. The van der Waals surface area contributed by atoms with Gasteiger partial charge in [0.15, 0.2) is 0 Å². The van der Waals surface area contributed by atoms with E-state index in [2.05, 4.69) is 4.74 Å². The Morgan fingerprint density at radius 1 is 1.27 bits per heavy atom. The minimum Gasteiger partial charge on any atom is -0.469 e. The number of halogens is 3. The van der Waals surface area contributed by atoms with E-state index in [1.165, 1.54) is 7.11 Å². The van der Waals surface area contributed by atoms with Crippen molar-refractivity contribution in [3.05, 3.63) is 0 Å². The fourth-order valence-corrected chi connectivity index (χ4v) is 0.850. The predicted molar refractivity (Wildman–Crippen MR) is 47.3 cm³/mol. The molecule has 0 aliphatic heterocycles. The zero-order chi connectivity index (χ0) is 12.1. The molecule has 0 aromatic rings. The molecule has 0 saturated heterocycles. The summed E-state index contributed by atoms with van der Waals surface area (Å²) in [4.78, 5) is 11.1. The highest BCUT2D eigenvalue weighted by molar-refractivity contribution is 5.75. The predicted octanol–water partition coefficient (Wildman–Crippen LogP) is 2.15. The van der Waals surface area contributed by atoms with Crippen LogP contribution in [0, 0.1) is 5.41 Å². The molecule has 0 bridgehead atoms. The van der Waals surface area contributed by atoms with Gasteiger partial charge < -0.3 is 9.47 Å². The smallest absolute Gasteiger partial charge is 0.391 e. The van der Waals surface area contributed by atoms with Gasteiger partial charge in [0.05, 0.1) is 32.2 Å². The maximum atomic E-state index is 11.7. The van der Waals surface area contributed by atoms with Crippen molar-refractivity contribution in [2.75, 3.05) is 20.3 Å². The Bertz CT molecular complexity index is 211. The van der Waals surface area contributed by atoms with Crippen molar-refractivity contribution in [3.8, 4) is 0 Å². The molecule has 0 aromatic heterocycles. The highest BCUT2D eigenvalue weighted by Crippen LogP contribution is 2.21. The summed E-state index contributed by atoms with van der Waals surface area (Å²) < 4.78 is 44.4. The van der Waals surface area contributed by atoms with Crippen molar-refractivity contribution in [2.45, 2.75) is 26.4 Å². The molecule has 0 aromatic carbocycles. The van der Waals surface area contributed by atoms with E-state index >= 15 is 0 Å². The first-order valence-electron chi connectivity index (χ1n) is 4.42. The Hall–Kier alpha value is -0.780. The molecule has 0 saturated carbocycles. The van der Waals surface area contributed by atoms with Gasteiger partial charge in [0.1, 0.15) is 0 Å². The fraction of sp³-hybridized carbons (Fsp3) is 0.889. The number of rotatable bonds is 5. The summed E-state index contributed by atoms with van der Waals surface area (Å²) >= 11 is 0. The van der Waals surface area contributed by atoms with E-state index in [1.54, 1.807) is 13.8 Å². The van der Waals surface area contributed by atoms with Crippen LogP contribution in [0.3, 0.4) is 0 Å². The lowest BCUT2D eigenvalue weighted by atomic mass is 9.95. The van der Waals surface area contributed by atoms with Gasteiger partial charge >= 0.3 is 12.1 Å². The molecule has 0 radical (unpaired) electrons. The lowest BCUT2D eigenvalue weighted by Gasteiger charge is -2.21. The minimum atomic E-state index is -4.23. The highest BCUT2D eigenvalue weighted by Gasteiger charge is 2.30. The third-order valence-corrected chi connectivity index (χ3v) is 1.73. The van der Waals surface area contributed by atoms with Gasteiger partial charge in [-0.25, -0.2) is 0 Å². The van der Waals surface area contributed by atoms with Crippen molar-refractivity contribution < 1.29 is 27.4 Å². The van der Waals surface area contributed by atoms with Crippen LogP contribution in [0.1, 0.15) is 20.3 Å². The molecule has 0 rings (SSSR count). The average Bonchev–Trinajstić information content (AvgIpc) is 2.09. The van der Waals surface area contributed by atoms with E-state index in [1.807, 2.05) is 0 Å². The molecule has 0 N–H and O–H groups in total. The van der Waals surface area contributed by atoms with Crippen LogP contribution < -0.4 is 0 Å². The SMILES string of the molecule is COC(=O)C(C)(C)COCCC(F)(F)F. The summed E-state index contributed by atoms with van der Waals surface area (Å²) in [7, 11) is 1.22.